The van der Waals surface area contributed by atoms with Gasteiger partial charge in [-0.05, 0) is 57.5 Å². The van der Waals surface area contributed by atoms with E-state index in [1.165, 1.54) is 6.20 Å². The van der Waals surface area contributed by atoms with E-state index in [0.29, 0.717) is 42.7 Å². The number of nitrogens with zero attached hydrogens (tertiary/aromatic N) is 4. The minimum absolute atomic E-state index is 0.280. The minimum Gasteiger partial charge on any atom is -0.384 e. The van der Waals surface area contributed by atoms with E-state index in [-0.39, 0.29) is 5.91 Å². The fourth-order valence-corrected chi connectivity index (χ4v) is 3.85. The highest BCUT2D eigenvalue weighted by atomic mass is 16.5. The van der Waals surface area contributed by atoms with Crippen LogP contribution in [0.4, 0.5) is 17.5 Å². The van der Waals surface area contributed by atoms with Gasteiger partial charge in [-0.15, -0.1) is 0 Å². The molecule has 0 saturated carbocycles. The lowest BCUT2D eigenvalue weighted by atomic mass is 10.0. The maximum absolute atomic E-state index is 13.0. The minimum atomic E-state index is -1.14. The molecule has 0 spiro atoms. The van der Waals surface area contributed by atoms with Gasteiger partial charge in [-0.1, -0.05) is 6.07 Å². The van der Waals surface area contributed by atoms with E-state index >= 15 is 0 Å². The Bertz CT molecular complexity index is 1200. The molecular weight excluding hydrogens is 444 g/mol. The van der Waals surface area contributed by atoms with Crippen molar-refractivity contribution in [2.45, 2.75) is 33.3 Å². The fraction of sp³-hybridized carbons (Fsp3) is 0.385. The van der Waals surface area contributed by atoms with Gasteiger partial charge in [0.2, 0.25) is 5.95 Å². The third-order valence-corrected chi connectivity index (χ3v) is 5.80. The molecule has 3 aromatic rings. The van der Waals surface area contributed by atoms with Crippen molar-refractivity contribution < 1.29 is 14.6 Å². The predicted molar refractivity (Wildman–Crippen MR) is 137 cm³/mol. The number of nitrogens with one attached hydrogen (secondary N) is 2. The molecule has 0 aliphatic carbocycles. The standard InChI is InChI=1S/C26H32N6O3/c1-5-27-25-30-21(16-23(31-25)32-10-12-35-13-11-32)20-15-19(7-6-17(20)2)29-24(33)18-8-9-28-22(14-18)26(3,4)34/h6-9,14-16,34H,5,10-13H2,1-4H3,(H,29,33)(H,27,30,31). The van der Waals surface area contributed by atoms with Crippen molar-refractivity contribution in [1.82, 2.24) is 15.0 Å². The zero-order valence-corrected chi connectivity index (χ0v) is 20.6. The van der Waals surface area contributed by atoms with Gasteiger partial charge in [0.15, 0.2) is 0 Å². The normalized spacial score (nSPS) is 14.0. The molecule has 35 heavy (non-hydrogen) atoms. The lowest BCUT2D eigenvalue weighted by Crippen LogP contribution is -2.37. The molecule has 0 radical (unpaired) electrons. The highest BCUT2D eigenvalue weighted by Crippen LogP contribution is 2.29. The Labute approximate surface area is 205 Å². The lowest BCUT2D eigenvalue weighted by molar-refractivity contribution is 0.0737. The van der Waals surface area contributed by atoms with Crippen LogP contribution in [0.1, 0.15) is 42.4 Å². The Morgan fingerprint density at radius 3 is 2.63 bits per heavy atom. The Balaban J connectivity index is 1.64. The molecule has 1 aliphatic rings. The van der Waals surface area contributed by atoms with Crippen LogP contribution in [-0.4, -0.2) is 58.8 Å². The molecule has 9 heteroatoms. The second kappa shape index (κ2) is 10.4. The summed E-state index contributed by atoms with van der Waals surface area (Å²) in [6.07, 6.45) is 1.53. The first-order valence-electron chi connectivity index (χ1n) is 11.8. The molecule has 184 valence electrons. The summed E-state index contributed by atoms with van der Waals surface area (Å²) in [6, 6.07) is 11.0. The van der Waals surface area contributed by atoms with E-state index in [2.05, 4.69) is 20.5 Å². The second-order valence-corrected chi connectivity index (χ2v) is 9.04. The third-order valence-electron chi connectivity index (χ3n) is 5.80. The number of aliphatic hydroxyl groups is 1. The summed E-state index contributed by atoms with van der Waals surface area (Å²) in [5.74, 6) is 1.13. The number of pyridine rings is 1. The average molecular weight is 477 g/mol. The number of ether oxygens (including phenoxy) is 1. The molecular formula is C26H32N6O3. The number of rotatable bonds is 7. The molecule has 1 fully saturated rings. The van der Waals surface area contributed by atoms with Crippen molar-refractivity contribution in [1.29, 1.82) is 0 Å². The van der Waals surface area contributed by atoms with Crippen LogP contribution in [0.2, 0.25) is 0 Å². The number of aryl methyl sites for hydroxylation is 1. The lowest BCUT2D eigenvalue weighted by Gasteiger charge is -2.28. The number of amides is 1. The molecule has 1 aromatic carbocycles. The molecule has 1 amide bonds. The Kier molecular flexibility index (Phi) is 7.28. The van der Waals surface area contributed by atoms with Crippen molar-refractivity contribution in [3.8, 4) is 11.3 Å². The fourth-order valence-electron chi connectivity index (χ4n) is 3.85. The van der Waals surface area contributed by atoms with E-state index in [9.17, 15) is 9.90 Å². The van der Waals surface area contributed by atoms with Gasteiger partial charge in [0, 0.05) is 48.7 Å². The highest BCUT2D eigenvalue weighted by molar-refractivity contribution is 6.04. The van der Waals surface area contributed by atoms with Gasteiger partial charge in [-0.3, -0.25) is 9.78 Å². The molecule has 1 aliphatic heterocycles. The number of morpholine rings is 1. The first-order valence-corrected chi connectivity index (χ1v) is 11.8. The van der Waals surface area contributed by atoms with Crippen molar-refractivity contribution in [3.63, 3.8) is 0 Å². The summed E-state index contributed by atoms with van der Waals surface area (Å²) in [4.78, 5) is 28.7. The van der Waals surface area contributed by atoms with E-state index < -0.39 is 5.60 Å². The summed E-state index contributed by atoms with van der Waals surface area (Å²) >= 11 is 0. The van der Waals surface area contributed by atoms with Gasteiger partial charge in [-0.25, -0.2) is 4.98 Å². The largest absolute Gasteiger partial charge is 0.384 e. The summed E-state index contributed by atoms with van der Waals surface area (Å²) in [7, 11) is 0. The van der Waals surface area contributed by atoms with E-state index in [1.54, 1.807) is 26.0 Å². The molecule has 0 unspecified atom stereocenters. The molecule has 3 N–H and O–H groups in total. The zero-order chi connectivity index (χ0) is 25.0. The van der Waals surface area contributed by atoms with Crippen LogP contribution >= 0.6 is 0 Å². The van der Waals surface area contributed by atoms with Gasteiger partial charge in [0.25, 0.3) is 5.91 Å². The highest BCUT2D eigenvalue weighted by Gasteiger charge is 2.20. The van der Waals surface area contributed by atoms with Gasteiger partial charge < -0.3 is 25.4 Å². The maximum atomic E-state index is 13.0. The Morgan fingerprint density at radius 2 is 1.91 bits per heavy atom. The summed E-state index contributed by atoms with van der Waals surface area (Å²) in [6.45, 7) is 10.9. The Morgan fingerprint density at radius 1 is 1.14 bits per heavy atom. The van der Waals surface area contributed by atoms with Crippen LogP contribution in [0.3, 0.4) is 0 Å². The van der Waals surface area contributed by atoms with Crippen LogP contribution in [0.5, 0.6) is 0 Å². The van der Waals surface area contributed by atoms with E-state index in [4.69, 9.17) is 14.7 Å². The molecule has 2 aromatic heterocycles. The van der Waals surface area contributed by atoms with Crippen molar-refractivity contribution >= 4 is 23.4 Å². The third kappa shape index (κ3) is 5.93. The SMILES string of the molecule is CCNc1nc(-c2cc(NC(=O)c3ccnc(C(C)(C)O)c3)ccc2C)cc(N2CCOCC2)n1. The maximum Gasteiger partial charge on any atom is 0.255 e. The van der Waals surface area contributed by atoms with Crippen LogP contribution < -0.4 is 15.5 Å². The topological polar surface area (TPSA) is 112 Å². The van der Waals surface area contributed by atoms with Crippen LogP contribution in [-0.2, 0) is 10.3 Å². The second-order valence-electron chi connectivity index (χ2n) is 9.04. The van der Waals surface area contributed by atoms with Crippen LogP contribution in [0, 0.1) is 6.92 Å². The molecule has 3 heterocycles. The number of carbonyl (C=O) groups excluding carboxylic acids is 1. The number of benzene rings is 1. The quantitative estimate of drug-likeness (QED) is 0.474. The monoisotopic (exact) mass is 476 g/mol. The van der Waals surface area contributed by atoms with Gasteiger partial charge in [-0.2, -0.15) is 4.98 Å². The summed E-state index contributed by atoms with van der Waals surface area (Å²) in [5.41, 5.74) is 3.08. The van der Waals surface area contributed by atoms with E-state index in [1.807, 2.05) is 38.1 Å². The molecule has 4 rings (SSSR count). The summed E-state index contributed by atoms with van der Waals surface area (Å²) < 4.78 is 5.49. The summed E-state index contributed by atoms with van der Waals surface area (Å²) in [5, 5.41) is 16.4. The first-order chi connectivity index (χ1) is 16.7. The zero-order valence-electron chi connectivity index (χ0n) is 20.6. The number of carbonyl (C=O) groups is 1. The number of anilines is 3. The van der Waals surface area contributed by atoms with Gasteiger partial charge in [0.1, 0.15) is 11.4 Å². The number of hydrogen-bond acceptors (Lipinski definition) is 8. The smallest absolute Gasteiger partial charge is 0.255 e. The molecule has 1 saturated heterocycles. The molecule has 0 bridgehead atoms. The van der Waals surface area contributed by atoms with Crippen molar-refractivity contribution in [3.05, 3.63) is 59.4 Å². The first kappa shape index (κ1) is 24.6. The molecule has 0 atom stereocenters. The number of hydrogen-bond donors (Lipinski definition) is 3. The van der Waals surface area contributed by atoms with Gasteiger partial charge >= 0.3 is 0 Å². The van der Waals surface area contributed by atoms with E-state index in [0.717, 1.165) is 35.7 Å². The average Bonchev–Trinajstić information content (AvgIpc) is 2.85. The van der Waals surface area contributed by atoms with Crippen LogP contribution in [0.25, 0.3) is 11.3 Å². The Hall–Kier alpha value is -3.56. The van der Waals surface area contributed by atoms with Crippen LogP contribution in [0.15, 0.2) is 42.6 Å². The van der Waals surface area contributed by atoms with Gasteiger partial charge in [0.05, 0.1) is 24.6 Å². The number of aromatic nitrogens is 3. The predicted octanol–water partition coefficient (Wildman–Crippen LogP) is 3.60. The molecule has 9 nitrogen and oxygen atoms in total. The van der Waals surface area contributed by atoms with Crippen molar-refractivity contribution in [2.75, 3.05) is 48.4 Å². The van der Waals surface area contributed by atoms with Crippen molar-refractivity contribution in [2.24, 2.45) is 0 Å².